The fourth-order valence-electron chi connectivity index (χ4n) is 7.58. The summed E-state index contributed by atoms with van der Waals surface area (Å²) in [6, 6.07) is 15.2. The number of methoxy groups -OCH3 is 1. The lowest BCUT2D eigenvalue weighted by atomic mass is 9.70. The van der Waals surface area contributed by atoms with E-state index in [4.69, 9.17) is 9.47 Å². The molecule has 3 aliphatic rings. The summed E-state index contributed by atoms with van der Waals surface area (Å²) in [5, 5.41) is 20.5. The second-order valence-corrected chi connectivity index (χ2v) is 13.0. The van der Waals surface area contributed by atoms with E-state index in [0.717, 1.165) is 40.2 Å². The summed E-state index contributed by atoms with van der Waals surface area (Å²) >= 11 is 0. The third-order valence-electron chi connectivity index (χ3n) is 9.48. The molecule has 1 saturated heterocycles. The fourth-order valence-corrected chi connectivity index (χ4v) is 7.58. The molecule has 2 aromatic carbocycles. The van der Waals surface area contributed by atoms with Crippen LogP contribution in [0.1, 0.15) is 76.8 Å². The minimum absolute atomic E-state index is 0.0971. The number of alkyl carbamates (subject to hydrolysis) is 1. The first-order valence-corrected chi connectivity index (χ1v) is 14.9. The summed E-state index contributed by atoms with van der Waals surface area (Å²) in [6.07, 6.45) is 2.68. The highest BCUT2D eigenvalue weighted by atomic mass is 16.5. The Balaban J connectivity index is 1.33. The maximum atomic E-state index is 13.9. The van der Waals surface area contributed by atoms with Gasteiger partial charge in [-0.3, -0.25) is 9.59 Å². The Morgan fingerprint density at radius 3 is 2.10 bits per heavy atom. The number of piperidine rings is 1. The van der Waals surface area contributed by atoms with Crippen molar-refractivity contribution in [2.24, 2.45) is 11.8 Å². The maximum Gasteiger partial charge on any atom is 0.407 e. The molecule has 9 heteroatoms. The predicted molar refractivity (Wildman–Crippen MR) is 157 cm³/mol. The van der Waals surface area contributed by atoms with Crippen molar-refractivity contribution in [2.75, 3.05) is 13.7 Å². The van der Waals surface area contributed by atoms with Crippen molar-refractivity contribution < 1.29 is 29.1 Å². The number of nitrogens with zero attached hydrogens (tertiary/aromatic N) is 1. The largest absolute Gasteiger partial charge is 0.469 e. The summed E-state index contributed by atoms with van der Waals surface area (Å²) in [7, 11) is 1.35. The topological polar surface area (TPSA) is 117 Å². The number of amides is 2. The molecule has 4 atom stereocenters. The molecular weight excluding hydrogens is 534 g/mol. The maximum absolute atomic E-state index is 13.9. The number of benzene rings is 2. The minimum atomic E-state index is -1.14. The standard InChI is InChI=1S/C33H42N3O6/c1-32(2)18-27(28(33(3,4)36(32)40)29(37)34-26-17-11-10-16-24(26)30(38)41-5)35-31(39)42-19-25-22-14-8-6-12-20(22)21-13-7-9-15-23(21)25/h6-9,12-15,24-28H,10-11,16-19H2,1-5H3,(H,34,37)(H,35,39)/t24-,26-,27-,28-/m0/s1. The average molecular weight is 577 g/mol. The van der Waals surface area contributed by atoms with E-state index in [1.807, 2.05) is 38.1 Å². The Morgan fingerprint density at radius 2 is 1.48 bits per heavy atom. The Labute approximate surface area is 247 Å². The lowest BCUT2D eigenvalue weighted by molar-refractivity contribution is -0.301. The van der Waals surface area contributed by atoms with E-state index in [2.05, 4.69) is 34.9 Å². The van der Waals surface area contributed by atoms with Gasteiger partial charge in [-0.15, -0.1) is 10.3 Å². The van der Waals surface area contributed by atoms with Gasteiger partial charge in [-0.25, -0.2) is 4.79 Å². The summed E-state index contributed by atoms with van der Waals surface area (Å²) in [6.45, 7) is 7.24. The van der Waals surface area contributed by atoms with Crippen LogP contribution < -0.4 is 10.6 Å². The number of hydroxylamine groups is 2. The highest BCUT2D eigenvalue weighted by Crippen LogP contribution is 2.45. The van der Waals surface area contributed by atoms with Crippen molar-refractivity contribution in [1.29, 1.82) is 0 Å². The summed E-state index contributed by atoms with van der Waals surface area (Å²) in [5.74, 6) is -2.11. The molecule has 1 heterocycles. The van der Waals surface area contributed by atoms with Crippen molar-refractivity contribution in [1.82, 2.24) is 15.7 Å². The van der Waals surface area contributed by atoms with Crippen LogP contribution in [0.25, 0.3) is 11.1 Å². The zero-order chi connectivity index (χ0) is 30.2. The molecule has 2 fully saturated rings. The first-order valence-electron chi connectivity index (χ1n) is 14.9. The molecule has 0 aromatic heterocycles. The van der Waals surface area contributed by atoms with Crippen LogP contribution in [-0.4, -0.2) is 59.9 Å². The van der Waals surface area contributed by atoms with Gasteiger partial charge in [0, 0.05) is 23.5 Å². The van der Waals surface area contributed by atoms with Crippen molar-refractivity contribution in [3.05, 3.63) is 59.7 Å². The molecule has 2 N–H and O–H groups in total. The average Bonchev–Trinajstić information content (AvgIpc) is 3.28. The van der Waals surface area contributed by atoms with E-state index >= 15 is 0 Å². The number of carbonyl (C=O) groups excluding carboxylic acids is 3. The number of hydrogen-bond donors (Lipinski definition) is 2. The quantitative estimate of drug-likeness (QED) is 0.469. The zero-order valence-electron chi connectivity index (χ0n) is 25.1. The summed E-state index contributed by atoms with van der Waals surface area (Å²) in [4.78, 5) is 39.7. The number of fused-ring (bicyclic) bond motifs is 3. The van der Waals surface area contributed by atoms with Crippen molar-refractivity contribution >= 4 is 18.0 Å². The highest BCUT2D eigenvalue weighted by molar-refractivity contribution is 5.84. The molecule has 225 valence electrons. The zero-order valence-corrected chi connectivity index (χ0v) is 25.1. The van der Waals surface area contributed by atoms with Gasteiger partial charge in [0.05, 0.1) is 24.5 Å². The first-order chi connectivity index (χ1) is 20.0. The molecule has 9 nitrogen and oxygen atoms in total. The molecule has 0 unspecified atom stereocenters. The van der Waals surface area contributed by atoms with E-state index in [1.54, 1.807) is 13.8 Å². The molecule has 2 amide bonds. The van der Waals surface area contributed by atoms with Gasteiger partial charge in [-0.1, -0.05) is 61.4 Å². The van der Waals surface area contributed by atoms with Crippen LogP contribution in [0, 0.1) is 11.8 Å². The van der Waals surface area contributed by atoms with E-state index < -0.39 is 35.0 Å². The van der Waals surface area contributed by atoms with E-state index in [-0.39, 0.29) is 36.9 Å². The fraction of sp³-hybridized carbons (Fsp3) is 0.545. The Bertz CT molecular complexity index is 1300. The van der Waals surface area contributed by atoms with Crippen LogP contribution in [0.3, 0.4) is 0 Å². The smallest absolute Gasteiger partial charge is 0.407 e. The van der Waals surface area contributed by atoms with E-state index in [0.29, 0.717) is 12.8 Å². The van der Waals surface area contributed by atoms with Crippen LogP contribution in [0.15, 0.2) is 48.5 Å². The number of carbonyl (C=O) groups is 3. The van der Waals surface area contributed by atoms with Gasteiger partial charge in [0.1, 0.15) is 6.61 Å². The Hall–Kier alpha value is -3.43. The van der Waals surface area contributed by atoms with Crippen LogP contribution in [0.4, 0.5) is 4.79 Å². The molecule has 2 aromatic rings. The molecule has 5 rings (SSSR count). The Morgan fingerprint density at radius 1 is 0.881 bits per heavy atom. The predicted octanol–water partition coefficient (Wildman–Crippen LogP) is 4.97. The van der Waals surface area contributed by atoms with Gasteiger partial charge in [0.2, 0.25) is 5.91 Å². The second kappa shape index (κ2) is 11.7. The molecule has 0 bridgehead atoms. The number of ether oxygens (including phenoxy) is 2. The van der Waals surface area contributed by atoms with Crippen LogP contribution in [-0.2, 0) is 24.3 Å². The molecule has 42 heavy (non-hydrogen) atoms. The van der Waals surface area contributed by atoms with Gasteiger partial charge in [-0.2, -0.15) is 0 Å². The minimum Gasteiger partial charge on any atom is -0.469 e. The number of esters is 1. The van der Waals surface area contributed by atoms with Gasteiger partial charge in [0.15, 0.2) is 0 Å². The molecule has 1 radical (unpaired) electrons. The summed E-state index contributed by atoms with van der Waals surface area (Å²) in [5.41, 5.74) is 2.52. The van der Waals surface area contributed by atoms with Crippen molar-refractivity contribution in [3.8, 4) is 11.1 Å². The third-order valence-corrected chi connectivity index (χ3v) is 9.48. The number of nitrogens with one attached hydrogen (secondary N) is 2. The third kappa shape index (κ3) is 5.52. The second-order valence-electron chi connectivity index (χ2n) is 13.0. The highest BCUT2D eigenvalue weighted by Gasteiger charge is 2.56. The lowest BCUT2D eigenvalue weighted by Gasteiger charge is -2.54. The van der Waals surface area contributed by atoms with Crippen molar-refractivity contribution in [2.45, 2.75) is 88.9 Å². The van der Waals surface area contributed by atoms with Gasteiger partial charge in [0.25, 0.3) is 0 Å². The summed E-state index contributed by atoms with van der Waals surface area (Å²) < 4.78 is 10.8. The molecular formula is C33H42N3O6. The van der Waals surface area contributed by atoms with Crippen LogP contribution in [0.5, 0.6) is 0 Å². The van der Waals surface area contributed by atoms with E-state index in [1.165, 1.54) is 7.11 Å². The molecule has 1 saturated carbocycles. The Kier molecular flexibility index (Phi) is 8.36. The molecule has 0 spiro atoms. The monoisotopic (exact) mass is 576 g/mol. The van der Waals surface area contributed by atoms with Crippen molar-refractivity contribution in [3.63, 3.8) is 0 Å². The van der Waals surface area contributed by atoms with Gasteiger partial charge < -0.3 is 20.1 Å². The van der Waals surface area contributed by atoms with Gasteiger partial charge in [-0.05, 0) is 69.2 Å². The van der Waals surface area contributed by atoms with Gasteiger partial charge >= 0.3 is 12.1 Å². The molecule has 2 aliphatic carbocycles. The normalized spacial score (nSPS) is 26.4. The number of hydrogen-bond acceptors (Lipinski definition) is 6. The van der Waals surface area contributed by atoms with Crippen LogP contribution >= 0.6 is 0 Å². The lowest BCUT2D eigenvalue weighted by Crippen LogP contribution is -2.71. The SMILES string of the molecule is COC(=O)[C@H]1CCCC[C@@H]1NC(=O)[C@@H]1[C@@H](NC(=O)OCC2c3ccccc3-c3ccccc32)CC(C)(C)N([O])C1(C)C. The first kappa shape index (κ1) is 30.0. The molecule has 1 aliphatic heterocycles. The van der Waals surface area contributed by atoms with Crippen LogP contribution in [0.2, 0.25) is 0 Å². The number of rotatable bonds is 6. The van der Waals surface area contributed by atoms with E-state index in [9.17, 15) is 19.6 Å².